The highest BCUT2D eigenvalue weighted by Crippen LogP contribution is 2.05. The summed E-state index contributed by atoms with van der Waals surface area (Å²) < 4.78 is 11.5. The molecule has 0 heterocycles. The summed E-state index contributed by atoms with van der Waals surface area (Å²) in [5.74, 6) is 0.150. The van der Waals surface area contributed by atoms with E-state index < -0.39 is 22.0 Å². The van der Waals surface area contributed by atoms with E-state index in [2.05, 4.69) is 0 Å². The minimum absolute atomic E-state index is 0.175. The smallest absolute Gasteiger partial charge is 0.233 e. The molecule has 4 N–H and O–H groups in total. The van der Waals surface area contributed by atoms with Gasteiger partial charge in [0.2, 0.25) is 5.91 Å². The molecule has 3 atom stereocenters. The summed E-state index contributed by atoms with van der Waals surface area (Å²) in [6.45, 7) is 4.20. The van der Waals surface area contributed by atoms with Crippen LogP contribution in [0.15, 0.2) is 0 Å². The van der Waals surface area contributed by atoms with Gasteiger partial charge in [-0.05, 0) is 18.9 Å². The van der Waals surface area contributed by atoms with Crippen molar-refractivity contribution in [1.82, 2.24) is 0 Å². The molecule has 1 amide bonds. The van der Waals surface area contributed by atoms with Crippen molar-refractivity contribution >= 4 is 16.7 Å². The first-order valence-electron chi connectivity index (χ1n) is 4.39. The molecule has 0 bridgehead atoms. The molecule has 78 valence electrons. The fourth-order valence-corrected chi connectivity index (χ4v) is 2.54. The molecule has 0 aromatic rings. The minimum Gasteiger partial charge on any atom is -0.369 e. The molecular weight excluding hydrogens is 188 g/mol. The Labute approximate surface area is 81.5 Å². The highest BCUT2D eigenvalue weighted by molar-refractivity contribution is 7.86. The lowest BCUT2D eigenvalue weighted by atomic mass is 10.2. The van der Waals surface area contributed by atoms with Gasteiger partial charge in [0.05, 0.1) is 0 Å². The van der Waals surface area contributed by atoms with Crippen molar-refractivity contribution in [2.24, 2.45) is 17.4 Å². The Morgan fingerprint density at radius 1 is 1.54 bits per heavy atom. The first kappa shape index (κ1) is 12.6. The van der Waals surface area contributed by atoms with Crippen molar-refractivity contribution in [1.29, 1.82) is 0 Å². The second-order valence-electron chi connectivity index (χ2n) is 3.19. The van der Waals surface area contributed by atoms with Gasteiger partial charge in [-0.1, -0.05) is 13.8 Å². The van der Waals surface area contributed by atoms with E-state index in [1.54, 1.807) is 6.92 Å². The summed E-state index contributed by atoms with van der Waals surface area (Å²) in [4.78, 5) is 10.8. The third-order valence-electron chi connectivity index (χ3n) is 1.86. The average molecular weight is 206 g/mol. The van der Waals surface area contributed by atoms with Crippen LogP contribution >= 0.6 is 0 Å². The largest absolute Gasteiger partial charge is 0.369 e. The number of carbonyl (C=O) groups is 1. The SMILES string of the molecule is CCC(C(N)=O)S(=O)CC(C)CN. The minimum atomic E-state index is -1.17. The predicted molar refractivity (Wildman–Crippen MR) is 54.5 cm³/mol. The Kier molecular flexibility index (Phi) is 5.90. The lowest BCUT2D eigenvalue weighted by Crippen LogP contribution is -2.35. The molecule has 0 aromatic carbocycles. The second kappa shape index (κ2) is 6.10. The van der Waals surface area contributed by atoms with E-state index in [-0.39, 0.29) is 5.92 Å². The van der Waals surface area contributed by atoms with E-state index in [1.807, 2.05) is 6.92 Å². The maximum atomic E-state index is 11.5. The number of hydrogen-bond acceptors (Lipinski definition) is 3. The van der Waals surface area contributed by atoms with Crippen molar-refractivity contribution < 1.29 is 9.00 Å². The molecule has 0 aromatic heterocycles. The lowest BCUT2D eigenvalue weighted by molar-refractivity contribution is -0.117. The third-order valence-corrected chi connectivity index (χ3v) is 3.95. The topological polar surface area (TPSA) is 86.2 Å². The molecule has 0 spiro atoms. The van der Waals surface area contributed by atoms with E-state index in [9.17, 15) is 9.00 Å². The van der Waals surface area contributed by atoms with Crippen LogP contribution in [0.25, 0.3) is 0 Å². The monoisotopic (exact) mass is 206 g/mol. The summed E-state index contributed by atoms with van der Waals surface area (Å²) in [5, 5.41) is -0.519. The van der Waals surface area contributed by atoms with Gasteiger partial charge in [0, 0.05) is 16.6 Å². The summed E-state index contributed by atoms with van der Waals surface area (Å²) in [6.07, 6.45) is 0.527. The second-order valence-corrected chi connectivity index (χ2v) is 4.85. The summed E-state index contributed by atoms with van der Waals surface area (Å²) >= 11 is 0. The van der Waals surface area contributed by atoms with Gasteiger partial charge in [0.25, 0.3) is 0 Å². The first-order valence-corrected chi connectivity index (χ1v) is 5.77. The van der Waals surface area contributed by atoms with E-state index in [0.29, 0.717) is 18.7 Å². The van der Waals surface area contributed by atoms with Gasteiger partial charge in [0.15, 0.2) is 0 Å². The van der Waals surface area contributed by atoms with Gasteiger partial charge in [0.1, 0.15) is 5.25 Å². The van der Waals surface area contributed by atoms with Crippen molar-refractivity contribution in [3.63, 3.8) is 0 Å². The van der Waals surface area contributed by atoms with Gasteiger partial charge >= 0.3 is 0 Å². The van der Waals surface area contributed by atoms with E-state index in [1.165, 1.54) is 0 Å². The van der Waals surface area contributed by atoms with Gasteiger partial charge in [-0.25, -0.2) is 0 Å². The fourth-order valence-electron chi connectivity index (χ4n) is 0.981. The first-order chi connectivity index (χ1) is 6.02. The predicted octanol–water partition coefficient (Wildman–Crippen LogP) is -0.406. The van der Waals surface area contributed by atoms with Crippen molar-refractivity contribution in [2.45, 2.75) is 25.5 Å². The van der Waals surface area contributed by atoms with Crippen LogP contribution in [0.3, 0.4) is 0 Å². The van der Waals surface area contributed by atoms with E-state index in [0.717, 1.165) is 0 Å². The number of rotatable bonds is 6. The van der Waals surface area contributed by atoms with Crippen LogP contribution in [-0.2, 0) is 15.6 Å². The Morgan fingerprint density at radius 2 is 2.08 bits per heavy atom. The molecule has 0 saturated carbocycles. The van der Waals surface area contributed by atoms with E-state index >= 15 is 0 Å². The Hall–Kier alpha value is -0.420. The van der Waals surface area contributed by atoms with Crippen LogP contribution < -0.4 is 11.5 Å². The quantitative estimate of drug-likeness (QED) is 0.619. The van der Waals surface area contributed by atoms with Gasteiger partial charge in [-0.3, -0.25) is 9.00 Å². The molecule has 0 rings (SSSR count). The van der Waals surface area contributed by atoms with Crippen LogP contribution in [0, 0.1) is 5.92 Å². The number of hydrogen-bond donors (Lipinski definition) is 2. The number of nitrogens with two attached hydrogens (primary N) is 2. The maximum absolute atomic E-state index is 11.5. The molecule has 13 heavy (non-hydrogen) atoms. The highest BCUT2D eigenvalue weighted by Gasteiger charge is 2.21. The molecule has 0 saturated heterocycles. The lowest BCUT2D eigenvalue weighted by Gasteiger charge is -2.13. The molecular formula is C8H18N2O2S. The Balaban J connectivity index is 4.14. The molecule has 0 aliphatic heterocycles. The highest BCUT2D eigenvalue weighted by atomic mass is 32.2. The van der Waals surface area contributed by atoms with Crippen molar-refractivity contribution in [3.8, 4) is 0 Å². The molecule has 0 aliphatic rings. The fraction of sp³-hybridized carbons (Fsp3) is 0.875. The van der Waals surface area contributed by atoms with Crippen LogP contribution in [-0.4, -0.2) is 27.7 Å². The van der Waals surface area contributed by atoms with Gasteiger partial charge in [-0.15, -0.1) is 0 Å². The standard InChI is InChI=1S/C8H18N2O2S/c1-3-7(8(10)11)13(12)5-6(2)4-9/h6-7H,3-5,9H2,1-2H3,(H2,10,11). The Bertz CT molecular complexity index is 197. The number of amides is 1. The van der Waals surface area contributed by atoms with Crippen LogP contribution in [0.1, 0.15) is 20.3 Å². The zero-order valence-corrected chi connectivity index (χ0v) is 8.97. The molecule has 4 nitrogen and oxygen atoms in total. The number of carbonyl (C=O) groups excluding carboxylic acids is 1. The molecule has 5 heteroatoms. The van der Waals surface area contributed by atoms with Gasteiger partial charge in [-0.2, -0.15) is 0 Å². The third kappa shape index (κ3) is 4.38. The summed E-state index contributed by atoms with van der Waals surface area (Å²) in [7, 11) is -1.17. The summed E-state index contributed by atoms with van der Waals surface area (Å²) in [6, 6.07) is 0. The van der Waals surface area contributed by atoms with Gasteiger partial charge < -0.3 is 11.5 Å². The van der Waals surface area contributed by atoms with Crippen molar-refractivity contribution in [3.05, 3.63) is 0 Å². The average Bonchev–Trinajstić information content (AvgIpc) is 2.04. The number of primary amides is 1. The van der Waals surface area contributed by atoms with E-state index in [4.69, 9.17) is 11.5 Å². The Morgan fingerprint density at radius 3 is 2.38 bits per heavy atom. The van der Waals surface area contributed by atoms with Crippen molar-refractivity contribution in [2.75, 3.05) is 12.3 Å². The maximum Gasteiger partial charge on any atom is 0.233 e. The molecule has 0 aliphatic carbocycles. The molecule has 3 unspecified atom stereocenters. The zero-order valence-electron chi connectivity index (χ0n) is 8.16. The molecule has 0 fully saturated rings. The molecule has 0 radical (unpaired) electrons. The zero-order chi connectivity index (χ0) is 10.4. The van der Waals surface area contributed by atoms with Crippen LogP contribution in [0.4, 0.5) is 0 Å². The van der Waals surface area contributed by atoms with Crippen LogP contribution in [0.5, 0.6) is 0 Å². The van der Waals surface area contributed by atoms with Crippen LogP contribution in [0.2, 0.25) is 0 Å². The normalized spacial score (nSPS) is 17.8. The summed E-state index contributed by atoms with van der Waals surface area (Å²) in [5.41, 5.74) is 10.5.